The zero-order valence-electron chi connectivity index (χ0n) is 53.2. The Morgan fingerprint density at radius 2 is 0.511 bits per heavy atom. The lowest BCUT2D eigenvalue weighted by Crippen LogP contribution is -2.70. The first-order chi connectivity index (χ1) is 42.8. The molecule has 29 nitrogen and oxygen atoms in total. The fourth-order valence-corrected chi connectivity index (χ4v) is 17.0. The summed E-state index contributed by atoms with van der Waals surface area (Å²) in [4.78, 5) is 0. The molecule has 15 heterocycles. The summed E-state index contributed by atoms with van der Waals surface area (Å²) in [5, 5.41) is 0.466. The number of rotatable bonds is 21. The second-order valence-electron chi connectivity index (χ2n) is 22.7. The van der Waals surface area contributed by atoms with Gasteiger partial charge in [0.1, 0.15) is 141 Å². The van der Waals surface area contributed by atoms with Crippen LogP contribution >= 0.6 is 7.14 Å². The van der Waals surface area contributed by atoms with E-state index < -0.39 is 191 Å². The Morgan fingerprint density at radius 1 is 0.295 bits per heavy atom. The van der Waals surface area contributed by atoms with Crippen molar-refractivity contribution in [2.45, 2.75) is 184 Å². The first-order valence-corrected chi connectivity index (χ1v) is 31.6. The molecule has 0 amide bonds. The van der Waals surface area contributed by atoms with Gasteiger partial charge in [-0.05, 0) is 0 Å². The minimum Gasteiger partial charge on any atom is -0.382 e. The molecule has 88 heavy (non-hydrogen) atoms. The van der Waals surface area contributed by atoms with Crippen molar-refractivity contribution in [1.29, 1.82) is 0 Å². The molecular weight excluding hydrogens is 1190 g/mol. The standard InChI is InChI=1S/C58H95O29P/c1-60-22-29-35-41(64-5)47(70-11)53(76-29)83-36-30(23-61-2)78-55(49(72-13)42(36)65-6)86-39-33-26-88(59,28-20-18-17-19-21-28)27-34-40(46(69-10)51(74-15)57(80-34)84-37-31(24-62-3)77-54(82-35)48(71-12)43(37)66-7)87-56-50(73-14)44(67-8)38(32(79-56)25-63-4)85-58(81-33)52(75-16)45(39)68-9/h17-21,29-58H,22-27H2,1-16H3. The summed E-state index contributed by atoms with van der Waals surface area (Å²) in [5.41, 5.74) is 0. The highest BCUT2D eigenvalue weighted by molar-refractivity contribution is 7.71. The Labute approximate surface area is 515 Å². The SMILES string of the molecule is COCC1OC2OC3C(COC)OC(OC4C5CP(=O)(c6ccccc6)CC6OC(OC7C(COC)OC(OC1C(OC)C2OC)C(OC)C7OC)C(OC)C(OC)C6OC1OC(COC)C(OC(O5)C(OC)C4OC)C(OC)C1OC)C(OC)C3OC. The lowest BCUT2D eigenvalue weighted by molar-refractivity contribution is -0.408. The van der Waals surface area contributed by atoms with Crippen molar-refractivity contribution in [3.8, 4) is 0 Å². The van der Waals surface area contributed by atoms with E-state index in [0.29, 0.717) is 5.30 Å². The molecule has 31 atom stereocenters. The first kappa shape index (κ1) is 70.6. The van der Waals surface area contributed by atoms with E-state index in [4.69, 9.17) is 133 Å². The van der Waals surface area contributed by atoms with Crippen LogP contribution in [-0.4, -0.2) is 337 Å². The van der Waals surface area contributed by atoms with Crippen molar-refractivity contribution >= 4 is 12.4 Å². The van der Waals surface area contributed by atoms with E-state index in [0.717, 1.165) is 0 Å². The zero-order valence-corrected chi connectivity index (χ0v) is 54.1. The van der Waals surface area contributed by atoms with Crippen molar-refractivity contribution < 1.29 is 137 Å². The van der Waals surface area contributed by atoms with Gasteiger partial charge in [-0.3, -0.25) is 0 Å². The molecule has 0 aliphatic carbocycles. The highest BCUT2D eigenvalue weighted by atomic mass is 31.2. The maximum atomic E-state index is 17.2. The third-order valence-corrected chi connectivity index (χ3v) is 21.2. The molecule has 16 rings (SSSR count). The van der Waals surface area contributed by atoms with E-state index >= 15 is 4.57 Å². The molecule has 15 saturated heterocycles. The quantitative estimate of drug-likeness (QED) is 0.148. The second kappa shape index (κ2) is 32.6. The van der Waals surface area contributed by atoms with E-state index in [1.54, 1.807) is 12.1 Å². The summed E-state index contributed by atoms with van der Waals surface area (Å²) in [5.74, 6) is 0. The average molecular weight is 1290 g/mol. The van der Waals surface area contributed by atoms with Crippen LogP contribution < -0.4 is 5.30 Å². The van der Waals surface area contributed by atoms with Gasteiger partial charge in [-0.15, -0.1) is 0 Å². The Hall–Kier alpha value is -1.67. The Kier molecular flexibility index (Phi) is 26.2. The number of fused-ring (bicyclic) bond motifs is 2. The summed E-state index contributed by atoms with van der Waals surface area (Å²) in [6, 6.07) is 9.04. The van der Waals surface area contributed by atoms with Crippen LogP contribution in [-0.2, 0) is 137 Å². The molecule has 15 aliphatic heterocycles. The van der Waals surface area contributed by atoms with E-state index in [9.17, 15) is 0 Å². The third kappa shape index (κ3) is 14.3. The molecule has 0 saturated carbocycles. The van der Waals surface area contributed by atoms with Crippen LogP contribution in [0.2, 0.25) is 0 Å². The summed E-state index contributed by atoms with van der Waals surface area (Å²) in [6.07, 6.45) is -32.7. The maximum absolute atomic E-state index is 17.2. The minimum absolute atomic E-state index is 0.0136. The monoisotopic (exact) mass is 1290 g/mol. The van der Waals surface area contributed by atoms with Gasteiger partial charge in [0.25, 0.3) is 0 Å². The second-order valence-corrected chi connectivity index (χ2v) is 25.7. The van der Waals surface area contributed by atoms with Crippen LogP contribution in [0.1, 0.15) is 0 Å². The first-order valence-electron chi connectivity index (χ1n) is 29.6. The van der Waals surface area contributed by atoms with E-state index in [1.807, 2.05) is 18.2 Å². The Bertz CT molecular complexity index is 2260. The zero-order chi connectivity index (χ0) is 63.0. The third-order valence-electron chi connectivity index (χ3n) is 18.1. The highest BCUT2D eigenvalue weighted by Crippen LogP contribution is 2.52. The highest BCUT2D eigenvalue weighted by Gasteiger charge is 2.62. The van der Waals surface area contributed by atoms with Crippen molar-refractivity contribution in [2.75, 3.05) is 153 Å². The topological polar surface area (TPSA) is 276 Å². The summed E-state index contributed by atoms with van der Waals surface area (Å²) >= 11 is 0. The lowest BCUT2D eigenvalue weighted by Gasteiger charge is -2.54. The van der Waals surface area contributed by atoms with E-state index in [-0.39, 0.29) is 38.8 Å². The molecule has 0 N–H and O–H groups in total. The maximum Gasteiger partial charge on any atom is 0.187 e. The lowest BCUT2D eigenvalue weighted by atomic mass is 9.94. The molecule has 1 aromatic carbocycles. The van der Waals surface area contributed by atoms with Crippen molar-refractivity contribution in [1.82, 2.24) is 0 Å². The van der Waals surface area contributed by atoms with Gasteiger partial charge < -0.3 is 137 Å². The van der Waals surface area contributed by atoms with Crippen LogP contribution in [0.4, 0.5) is 0 Å². The van der Waals surface area contributed by atoms with Crippen LogP contribution in [0.3, 0.4) is 0 Å². The van der Waals surface area contributed by atoms with Gasteiger partial charge in [-0.1, -0.05) is 30.3 Å². The molecule has 0 spiro atoms. The largest absolute Gasteiger partial charge is 0.382 e. The summed E-state index contributed by atoms with van der Waals surface area (Å²) < 4.78 is 202. The number of hydrogen-bond acceptors (Lipinski definition) is 29. The van der Waals surface area contributed by atoms with Crippen molar-refractivity contribution in [3.05, 3.63) is 30.3 Å². The van der Waals surface area contributed by atoms with Crippen LogP contribution in [0.25, 0.3) is 0 Å². The molecule has 0 radical (unpaired) electrons. The van der Waals surface area contributed by atoms with Gasteiger partial charge in [-0.25, -0.2) is 0 Å². The van der Waals surface area contributed by atoms with Gasteiger partial charge in [0.15, 0.2) is 37.7 Å². The van der Waals surface area contributed by atoms with Gasteiger partial charge in [0, 0.05) is 131 Å². The van der Waals surface area contributed by atoms with Crippen molar-refractivity contribution in [3.63, 3.8) is 0 Å². The molecule has 31 unspecified atom stereocenters. The normalized spacial score (nSPS) is 46.8. The smallest absolute Gasteiger partial charge is 0.187 e. The predicted octanol–water partition coefficient (Wildman–Crippen LogP) is 0.128. The van der Waals surface area contributed by atoms with Crippen LogP contribution in [0, 0.1) is 0 Å². The van der Waals surface area contributed by atoms with Crippen LogP contribution in [0.5, 0.6) is 0 Å². The van der Waals surface area contributed by atoms with Gasteiger partial charge in [-0.2, -0.15) is 0 Å². The Balaban J connectivity index is 1.27. The number of ether oxygens (including phenoxy) is 28. The van der Waals surface area contributed by atoms with Gasteiger partial charge in [0.05, 0.1) is 38.6 Å². The molecule has 12 bridgehead atoms. The Morgan fingerprint density at radius 3 is 0.739 bits per heavy atom. The van der Waals surface area contributed by atoms with Gasteiger partial charge in [0.2, 0.25) is 0 Å². The fraction of sp³-hybridized carbons (Fsp3) is 0.897. The molecule has 1 aromatic rings. The van der Waals surface area contributed by atoms with Crippen molar-refractivity contribution in [2.24, 2.45) is 0 Å². The van der Waals surface area contributed by atoms with E-state index in [2.05, 4.69) is 0 Å². The number of hydrogen-bond donors (Lipinski definition) is 0. The molecule has 506 valence electrons. The molecule has 15 aliphatic rings. The molecular formula is C58H95O29P. The predicted molar refractivity (Wildman–Crippen MR) is 302 cm³/mol. The minimum atomic E-state index is -3.97. The molecule has 15 fully saturated rings. The summed E-state index contributed by atoms with van der Waals surface area (Å²) in [6.45, 7) is -0.132. The van der Waals surface area contributed by atoms with Gasteiger partial charge >= 0.3 is 0 Å². The fourth-order valence-electron chi connectivity index (χ4n) is 14.0. The van der Waals surface area contributed by atoms with Crippen LogP contribution in [0.15, 0.2) is 30.3 Å². The molecule has 0 aromatic heterocycles. The number of benzene rings is 1. The number of methoxy groups -OCH3 is 16. The van der Waals surface area contributed by atoms with E-state index in [1.165, 1.54) is 114 Å². The average Bonchev–Trinajstić information content (AvgIpc) is 0.911. The summed E-state index contributed by atoms with van der Waals surface area (Å²) in [7, 11) is 20.2. The molecule has 30 heteroatoms.